The number of hydrogen-bond donors (Lipinski definition) is 2. The molecule has 0 radical (unpaired) electrons. The monoisotopic (exact) mass is 392 g/mol. The topological polar surface area (TPSA) is 131 Å². The molecule has 0 aliphatic carbocycles. The van der Waals surface area contributed by atoms with Crippen molar-refractivity contribution >= 4 is 39.9 Å². The molecule has 1 atom stereocenters. The van der Waals surface area contributed by atoms with Gasteiger partial charge in [0.05, 0.1) is 11.3 Å². The Bertz CT molecular complexity index is 899. The Labute approximate surface area is 157 Å². The number of carbonyl (C=O) groups excluding carboxylic acids is 2. The van der Waals surface area contributed by atoms with Gasteiger partial charge in [-0.25, -0.2) is 4.79 Å². The zero-order chi connectivity index (χ0) is 19.6. The van der Waals surface area contributed by atoms with Crippen LogP contribution in [0.4, 0.5) is 10.8 Å². The minimum atomic E-state index is -1.15. The minimum absolute atomic E-state index is 0.0153. The van der Waals surface area contributed by atoms with Crippen LogP contribution in [0.25, 0.3) is 0 Å². The van der Waals surface area contributed by atoms with Crippen LogP contribution >= 0.6 is 11.3 Å². The third-order valence-electron chi connectivity index (χ3n) is 3.70. The van der Waals surface area contributed by atoms with Crippen molar-refractivity contribution in [2.24, 2.45) is 0 Å². The van der Waals surface area contributed by atoms with Crippen LogP contribution < -0.4 is 15.0 Å². The molecule has 2 aromatic rings. The number of hydrogen-bond acceptors (Lipinski definition) is 8. The summed E-state index contributed by atoms with van der Waals surface area (Å²) >= 11 is 1.16. The first-order chi connectivity index (χ1) is 12.9. The van der Waals surface area contributed by atoms with Crippen molar-refractivity contribution in [2.75, 3.05) is 23.9 Å². The highest BCUT2D eigenvalue weighted by molar-refractivity contribution is 7.15. The first kappa shape index (κ1) is 18.7. The van der Waals surface area contributed by atoms with Crippen LogP contribution in [-0.2, 0) is 20.9 Å². The largest absolute Gasteiger partial charge is 0.479 e. The van der Waals surface area contributed by atoms with E-state index in [-0.39, 0.29) is 29.5 Å². The minimum Gasteiger partial charge on any atom is -0.479 e. The highest BCUT2D eigenvalue weighted by Crippen LogP contribution is 2.35. The number of rotatable bonds is 6. The van der Waals surface area contributed by atoms with Gasteiger partial charge in [-0.15, -0.1) is 10.2 Å². The number of aromatic carboxylic acids is 1. The second-order valence-electron chi connectivity index (χ2n) is 5.65. The summed E-state index contributed by atoms with van der Waals surface area (Å²) in [4.78, 5) is 37.3. The van der Waals surface area contributed by atoms with Gasteiger partial charge in [-0.05, 0) is 25.1 Å². The number of amides is 2. The van der Waals surface area contributed by atoms with Gasteiger partial charge >= 0.3 is 5.97 Å². The third-order valence-corrected chi connectivity index (χ3v) is 4.51. The Kier molecular flexibility index (Phi) is 5.33. The van der Waals surface area contributed by atoms with Gasteiger partial charge in [0, 0.05) is 7.11 Å². The lowest BCUT2D eigenvalue weighted by Gasteiger charge is -2.32. The maximum atomic E-state index is 12.5. The molecule has 2 N–H and O–H groups in total. The number of aromatic nitrogens is 2. The smallest absolute Gasteiger partial charge is 0.335 e. The Balaban J connectivity index is 1.80. The normalized spacial score (nSPS) is 15.9. The zero-order valence-electron chi connectivity index (χ0n) is 14.5. The summed E-state index contributed by atoms with van der Waals surface area (Å²) in [5.74, 6) is -1.76. The van der Waals surface area contributed by atoms with E-state index in [1.807, 2.05) is 0 Å². The molecule has 142 valence electrons. The summed E-state index contributed by atoms with van der Waals surface area (Å²) in [6.07, 6.45) is -0.796. The van der Waals surface area contributed by atoms with Gasteiger partial charge in [0.15, 0.2) is 6.10 Å². The number of benzene rings is 1. The lowest BCUT2D eigenvalue weighted by molar-refractivity contribution is -0.127. The summed E-state index contributed by atoms with van der Waals surface area (Å²) in [6, 6.07) is 4.14. The summed E-state index contributed by atoms with van der Waals surface area (Å²) in [6.45, 7) is 1.52. The van der Waals surface area contributed by atoms with Crippen molar-refractivity contribution in [1.82, 2.24) is 10.2 Å². The summed E-state index contributed by atoms with van der Waals surface area (Å²) < 4.78 is 10.4. The molecule has 0 saturated carbocycles. The molecule has 27 heavy (non-hydrogen) atoms. The Hall–Kier alpha value is -3.05. The van der Waals surface area contributed by atoms with E-state index >= 15 is 0 Å². The highest BCUT2D eigenvalue weighted by atomic mass is 32.1. The Morgan fingerprint density at radius 1 is 1.41 bits per heavy atom. The lowest BCUT2D eigenvalue weighted by atomic mass is 10.1. The molecular formula is C16H16N4O6S. The first-order valence-corrected chi connectivity index (χ1v) is 8.67. The van der Waals surface area contributed by atoms with Crippen LogP contribution in [0.15, 0.2) is 18.2 Å². The van der Waals surface area contributed by atoms with Crippen LogP contribution in [0.1, 0.15) is 22.3 Å². The second-order valence-corrected chi connectivity index (χ2v) is 6.72. The van der Waals surface area contributed by atoms with Crippen LogP contribution in [-0.4, -0.2) is 52.8 Å². The van der Waals surface area contributed by atoms with E-state index in [2.05, 4.69) is 15.5 Å². The highest BCUT2D eigenvalue weighted by Gasteiger charge is 2.33. The molecule has 1 aromatic carbocycles. The SMILES string of the molecule is COCc1nnc(NC(=O)CN2C(=O)C(C)Oc3ccc(C(=O)O)cc32)s1. The van der Waals surface area contributed by atoms with Gasteiger partial charge in [-0.2, -0.15) is 0 Å². The second kappa shape index (κ2) is 7.68. The number of carbonyl (C=O) groups is 3. The average Bonchev–Trinajstić information content (AvgIpc) is 3.05. The van der Waals surface area contributed by atoms with Gasteiger partial charge in [0.2, 0.25) is 11.0 Å². The van der Waals surface area contributed by atoms with Crippen LogP contribution in [0.3, 0.4) is 0 Å². The van der Waals surface area contributed by atoms with E-state index in [0.29, 0.717) is 10.8 Å². The van der Waals surface area contributed by atoms with E-state index in [1.165, 1.54) is 30.2 Å². The number of carboxylic acid groups (broad SMARTS) is 1. The first-order valence-electron chi connectivity index (χ1n) is 7.85. The summed E-state index contributed by atoms with van der Waals surface area (Å²) in [5, 5.41) is 20.3. The lowest BCUT2D eigenvalue weighted by Crippen LogP contribution is -2.47. The quantitative estimate of drug-likeness (QED) is 0.748. The molecule has 3 rings (SSSR count). The fourth-order valence-corrected chi connectivity index (χ4v) is 3.22. The molecule has 2 amide bonds. The average molecular weight is 392 g/mol. The maximum absolute atomic E-state index is 12.5. The van der Waals surface area contributed by atoms with Gasteiger partial charge in [0.25, 0.3) is 5.91 Å². The van der Waals surface area contributed by atoms with E-state index < -0.39 is 23.9 Å². The molecule has 1 aromatic heterocycles. The van der Waals surface area contributed by atoms with E-state index in [0.717, 1.165) is 11.3 Å². The maximum Gasteiger partial charge on any atom is 0.335 e. The van der Waals surface area contributed by atoms with Crippen molar-refractivity contribution in [3.8, 4) is 5.75 Å². The Morgan fingerprint density at radius 2 is 2.19 bits per heavy atom. The molecule has 11 heteroatoms. The zero-order valence-corrected chi connectivity index (χ0v) is 15.3. The molecule has 10 nitrogen and oxygen atoms in total. The van der Waals surface area contributed by atoms with Gasteiger partial charge in [-0.1, -0.05) is 11.3 Å². The molecule has 2 heterocycles. The van der Waals surface area contributed by atoms with Crippen molar-refractivity contribution in [2.45, 2.75) is 19.6 Å². The molecule has 1 aliphatic heterocycles. The van der Waals surface area contributed by atoms with Crippen LogP contribution in [0.5, 0.6) is 5.75 Å². The number of anilines is 2. The van der Waals surface area contributed by atoms with E-state index in [4.69, 9.17) is 14.6 Å². The standard InChI is InChI=1S/C16H16N4O6S/c1-8-14(22)20(10-5-9(15(23)24)3-4-11(10)26-8)6-12(21)17-16-19-18-13(27-16)7-25-2/h3-5,8H,6-7H2,1-2H3,(H,23,24)(H,17,19,21). The number of ether oxygens (including phenoxy) is 2. The number of fused-ring (bicyclic) bond motifs is 1. The van der Waals surface area contributed by atoms with E-state index in [1.54, 1.807) is 6.92 Å². The number of methoxy groups -OCH3 is 1. The van der Waals surface area contributed by atoms with Gasteiger partial charge < -0.3 is 14.6 Å². The molecule has 0 saturated heterocycles. The fourth-order valence-electron chi connectivity index (χ4n) is 2.49. The fraction of sp³-hybridized carbons (Fsp3) is 0.312. The molecule has 0 spiro atoms. The summed E-state index contributed by atoms with van der Waals surface area (Å²) in [7, 11) is 1.52. The molecule has 1 aliphatic rings. The molecular weight excluding hydrogens is 376 g/mol. The van der Waals surface area contributed by atoms with Crippen LogP contribution in [0.2, 0.25) is 0 Å². The summed E-state index contributed by atoms with van der Waals surface area (Å²) in [5.41, 5.74) is 0.212. The molecule has 0 fully saturated rings. The van der Waals surface area contributed by atoms with Crippen molar-refractivity contribution in [1.29, 1.82) is 0 Å². The molecule has 0 bridgehead atoms. The van der Waals surface area contributed by atoms with Crippen LogP contribution in [0, 0.1) is 0 Å². The van der Waals surface area contributed by atoms with Crippen molar-refractivity contribution < 1.29 is 29.0 Å². The number of nitrogens with one attached hydrogen (secondary N) is 1. The van der Waals surface area contributed by atoms with E-state index in [9.17, 15) is 14.4 Å². The van der Waals surface area contributed by atoms with Crippen molar-refractivity contribution in [3.63, 3.8) is 0 Å². The third kappa shape index (κ3) is 4.04. The molecule has 1 unspecified atom stereocenters. The predicted octanol–water partition coefficient (Wildman–Crippen LogP) is 1.14. The van der Waals surface area contributed by atoms with Gasteiger partial charge in [-0.3, -0.25) is 19.8 Å². The predicted molar refractivity (Wildman–Crippen MR) is 95.1 cm³/mol. The number of nitrogens with zero attached hydrogens (tertiary/aromatic N) is 3. The Morgan fingerprint density at radius 3 is 2.89 bits per heavy atom. The van der Waals surface area contributed by atoms with Crippen molar-refractivity contribution in [3.05, 3.63) is 28.8 Å². The number of carboxylic acids is 1. The van der Waals surface area contributed by atoms with Gasteiger partial charge in [0.1, 0.15) is 23.9 Å².